The number of esters is 1. The highest BCUT2D eigenvalue weighted by Crippen LogP contribution is 2.39. The van der Waals surface area contributed by atoms with Gasteiger partial charge in [-0.2, -0.15) is 0 Å². The number of hydrogen-bond donors (Lipinski definition) is 3. The molecule has 17 heavy (non-hydrogen) atoms. The number of ether oxygens (including phenoxy) is 1. The lowest BCUT2D eigenvalue weighted by atomic mass is 9.98. The van der Waals surface area contributed by atoms with Crippen molar-refractivity contribution in [2.75, 3.05) is 30.9 Å². The quantitative estimate of drug-likeness (QED) is 0.568. The molecule has 1 aromatic rings. The molecule has 1 aromatic carbocycles. The first-order valence-corrected chi connectivity index (χ1v) is 5.44. The average Bonchev–Trinajstić information content (AvgIpc) is 2.32. The van der Waals surface area contributed by atoms with E-state index in [2.05, 4.69) is 10.1 Å². The first-order chi connectivity index (χ1) is 7.93. The molecule has 94 valence electrons. The molecule has 0 saturated heterocycles. The Bertz CT molecular complexity index is 449. The molecule has 5 N–H and O–H groups in total. The molecule has 0 aliphatic heterocycles. The topological polar surface area (TPSA) is 90.4 Å². The fourth-order valence-corrected chi connectivity index (χ4v) is 1.93. The summed E-state index contributed by atoms with van der Waals surface area (Å²) in [6, 6.07) is 1.63. The number of carbonyl (C=O) groups excluding carboxylic acids is 1. The van der Waals surface area contributed by atoms with Gasteiger partial charge in [-0.25, -0.2) is 0 Å². The van der Waals surface area contributed by atoms with E-state index >= 15 is 0 Å². The predicted molar refractivity (Wildman–Crippen MR) is 70.3 cm³/mol. The summed E-state index contributed by atoms with van der Waals surface area (Å²) in [5, 5.41) is 3.18. The van der Waals surface area contributed by atoms with Gasteiger partial charge >= 0.3 is 5.97 Å². The Balaban J connectivity index is 3.32. The fraction of sp³-hybridized carbons (Fsp3) is 0.364. The van der Waals surface area contributed by atoms with Crippen LogP contribution in [-0.4, -0.2) is 20.1 Å². The van der Waals surface area contributed by atoms with Gasteiger partial charge in [-0.1, -0.05) is 11.6 Å². The molecule has 0 spiro atoms. The van der Waals surface area contributed by atoms with E-state index in [0.717, 1.165) is 0 Å². The van der Waals surface area contributed by atoms with Gasteiger partial charge in [-0.05, 0) is 18.6 Å². The van der Waals surface area contributed by atoms with Crippen LogP contribution in [0.3, 0.4) is 0 Å². The maximum Gasteiger partial charge on any atom is 0.312 e. The van der Waals surface area contributed by atoms with Gasteiger partial charge in [0.05, 0.1) is 35.1 Å². The third-order valence-electron chi connectivity index (χ3n) is 2.64. The third kappa shape index (κ3) is 2.39. The van der Waals surface area contributed by atoms with Crippen LogP contribution >= 0.6 is 11.6 Å². The second kappa shape index (κ2) is 5.14. The number of benzene rings is 1. The first-order valence-electron chi connectivity index (χ1n) is 5.06. The van der Waals surface area contributed by atoms with Crippen molar-refractivity contribution in [2.45, 2.75) is 12.8 Å². The van der Waals surface area contributed by atoms with Crippen LogP contribution in [-0.2, 0) is 9.53 Å². The number of hydrogen-bond acceptors (Lipinski definition) is 5. The van der Waals surface area contributed by atoms with Crippen molar-refractivity contribution < 1.29 is 9.53 Å². The van der Waals surface area contributed by atoms with Gasteiger partial charge in [0.1, 0.15) is 0 Å². The molecule has 1 unspecified atom stereocenters. The average molecular weight is 258 g/mol. The second-order valence-corrected chi connectivity index (χ2v) is 4.03. The van der Waals surface area contributed by atoms with Crippen molar-refractivity contribution in [3.05, 3.63) is 16.7 Å². The van der Waals surface area contributed by atoms with Crippen LogP contribution in [0.1, 0.15) is 18.4 Å². The van der Waals surface area contributed by atoms with Crippen molar-refractivity contribution >= 4 is 34.6 Å². The Labute approximate surface area is 105 Å². The molecular weight excluding hydrogens is 242 g/mol. The Kier molecular flexibility index (Phi) is 4.07. The molecule has 5 nitrogen and oxygen atoms in total. The van der Waals surface area contributed by atoms with E-state index in [-0.39, 0.29) is 5.97 Å². The normalized spacial score (nSPS) is 12.0. The summed E-state index contributed by atoms with van der Waals surface area (Å²) in [5.74, 6) is -0.893. The molecule has 0 heterocycles. The van der Waals surface area contributed by atoms with Crippen LogP contribution in [0.4, 0.5) is 17.1 Å². The highest BCUT2D eigenvalue weighted by Gasteiger charge is 2.22. The summed E-state index contributed by atoms with van der Waals surface area (Å²) < 4.78 is 4.66. The fourth-order valence-electron chi connectivity index (χ4n) is 1.62. The van der Waals surface area contributed by atoms with Gasteiger partial charge in [-0.3, -0.25) is 4.79 Å². The lowest BCUT2D eigenvalue weighted by molar-refractivity contribution is -0.141. The van der Waals surface area contributed by atoms with Crippen LogP contribution in [0.2, 0.25) is 5.02 Å². The molecule has 0 aromatic heterocycles. The summed E-state index contributed by atoms with van der Waals surface area (Å²) in [5.41, 5.74) is 13.6. The maximum atomic E-state index is 11.5. The van der Waals surface area contributed by atoms with Crippen LogP contribution in [0.15, 0.2) is 6.07 Å². The van der Waals surface area contributed by atoms with Crippen molar-refractivity contribution in [1.29, 1.82) is 0 Å². The van der Waals surface area contributed by atoms with E-state index in [9.17, 15) is 4.79 Å². The van der Waals surface area contributed by atoms with E-state index in [1.54, 1.807) is 20.0 Å². The van der Waals surface area contributed by atoms with Gasteiger partial charge in [0.2, 0.25) is 0 Å². The highest BCUT2D eigenvalue weighted by molar-refractivity contribution is 6.36. The molecule has 0 bridgehead atoms. The Morgan fingerprint density at radius 1 is 1.53 bits per heavy atom. The Morgan fingerprint density at radius 3 is 2.59 bits per heavy atom. The largest absolute Gasteiger partial charge is 0.469 e. The van der Waals surface area contributed by atoms with E-state index in [4.69, 9.17) is 23.1 Å². The Morgan fingerprint density at radius 2 is 2.12 bits per heavy atom. The standard InChI is InChI=1S/C11H16ClN3O2/c1-5(11(16)17-3)6-4-7(13)10(15-2)8(12)9(6)14/h4-5,15H,13-14H2,1-3H3. The number of methoxy groups -OCH3 is 1. The maximum absolute atomic E-state index is 11.5. The summed E-state index contributed by atoms with van der Waals surface area (Å²) in [6.45, 7) is 1.69. The van der Waals surface area contributed by atoms with Gasteiger partial charge in [0.15, 0.2) is 0 Å². The lowest BCUT2D eigenvalue weighted by Crippen LogP contribution is -2.14. The van der Waals surface area contributed by atoms with Crippen LogP contribution < -0.4 is 16.8 Å². The number of nitrogens with two attached hydrogens (primary N) is 2. The number of nitrogen functional groups attached to an aromatic ring is 2. The Hall–Kier alpha value is -1.62. The highest BCUT2D eigenvalue weighted by atomic mass is 35.5. The zero-order valence-electron chi connectivity index (χ0n) is 10.0. The monoisotopic (exact) mass is 257 g/mol. The summed E-state index contributed by atoms with van der Waals surface area (Å²) >= 11 is 6.08. The molecule has 1 rings (SSSR count). The second-order valence-electron chi connectivity index (χ2n) is 3.65. The van der Waals surface area contributed by atoms with Gasteiger partial charge < -0.3 is 21.5 Å². The molecule has 0 fully saturated rings. The van der Waals surface area contributed by atoms with Gasteiger partial charge in [-0.15, -0.1) is 0 Å². The molecule has 0 aliphatic carbocycles. The zero-order chi connectivity index (χ0) is 13.2. The number of anilines is 3. The van der Waals surface area contributed by atoms with Crippen molar-refractivity contribution in [1.82, 2.24) is 0 Å². The minimum Gasteiger partial charge on any atom is -0.469 e. The molecular formula is C11H16ClN3O2. The van der Waals surface area contributed by atoms with Crippen LogP contribution in [0, 0.1) is 0 Å². The summed E-state index contributed by atoms with van der Waals surface area (Å²) in [7, 11) is 3.02. The third-order valence-corrected chi connectivity index (χ3v) is 3.03. The molecule has 0 saturated carbocycles. The minimum absolute atomic E-state index is 0.318. The number of halogens is 1. The van der Waals surface area contributed by atoms with Gasteiger partial charge in [0.25, 0.3) is 0 Å². The molecule has 0 radical (unpaired) electrons. The predicted octanol–water partition coefficient (Wildman–Crippen LogP) is 1.82. The summed E-state index contributed by atoms with van der Waals surface area (Å²) in [4.78, 5) is 11.5. The van der Waals surface area contributed by atoms with Crippen LogP contribution in [0.5, 0.6) is 0 Å². The lowest BCUT2D eigenvalue weighted by Gasteiger charge is -2.17. The smallest absolute Gasteiger partial charge is 0.312 e. The molecule has 6 heteroatoms. The number of nitrogens with one attached hydrogen (secondary N) is 1. The zero-order valence-corrected chi connectivity index (χ0v) is 10.8. The first kappa shape index (κ1) is 13.4. The van der Waals surface area contributed by atoms with Gasteiger partial charge in [0, 0.05) is 7.05 Å². The van der Waals surface area contributed by atoms with Crippen LogP contribution in [0.25, 0.3) is 0 Å². The van der Waals surface area contributed by atoms with Crippen molar-refractivity contribution in [3.8, 4) is 0 Å². The van der Waals surface area contributed by atoms with E-state index < -0.39 is 5.92 Å². The minimum atomic E-state index is -0.509. The van der Waals surface area contributed by atoms with E-state index in [1.807, 2.05) is 0 Å². The molecule has 1 atom stereocenters. The van der Waals surface area contributed by atoms with Crippen molar-refractivity contribution in [2.24, 2.45) is 0 Å². The molecule has 0 aliphatic rings. The van der Waals surface area contributed by atoms with E-state index in [0.29, 0.717) is 27.6 Å². The van der Waals surface area contributed by atoms with E-state index in [1.165, 1.54) is 7.11 Å². The number of carbonyl (C=O) groups is 1. The SMILES string of the molecule is CNc1c(N)cc(C(C)C(=O)OC)c(N)c1Cl. The molecule has 0 amide bonds. The summed E-state index contributed by atoms with van der Waals surface area (Å²) in [6.07, 6.45) is 0. The van der Waals surface area contributed by atoms with Crippen molar-refractivity contribution in [3.63, 3.8) is 0 Å². The number of rotatable bonds is 3.